The average molecular weight is 606 g/mol. The maximum Gasteiger partial charge on any atom is 0.235 e. The number of primary amides is 1. The second kappa shape index (κ2) is 10.7. The van der Waals surface area contributed by atoms with Gasteiger partial charge in [-0.3, -0.25) is 24.0 Å². The molecule has 10 nitrogen and oxygen atoms in total. The third-order valence-electron chi connectivity index (χ3n) is 10.2. The molecule has 44 heavy (non-hydrogen) atoms. The first-order valence-electron chi connectivity index (χ1n) is 15.3. The van der Waals surface area contributed by atoms with E-state index < -0.39 is 70.1 Å². The maximum absolute atomic E-state index is 14.2. The van der Waals surface area contributed by atoms with Crippen molar-refractivity contribution in [3.05, 3.63) is 46.2 Å². The summed E-state index contributed by atoms with van der Waals surface area (Å²) >= 11 is 0. The number of amides is 1. The number of phenols is 1. The van der Waals surface area contributed by atoms with Crippen LogP contribution in [0.2, 0.25) is 0 Å². The van der Waals surface area contributed by atoms with Gasteiger partial charge in [0, 0.05) is 49.4 Å². The summed E-state index contributed by atoms with van der Waals surface area (Å²) in [5, 5.41) is 26.7. The first kappa shape index (κ1) is 31.6. The molecule has 4 aliphatic rings. The molecule has 236 valence electrons. The van der Waals surface area contributed by atoms with Gasteiger partial charge >= 0.3 is 0 Å². The molecule has 4 aliphatic carbocycles. The molecule has 1 amide bonds. The van der Waals surface area contributed by atoms with Crippen LogP contribution < -0.4 is 16.0 Å². The number of Topliss-reactive ketones (excluding diaryl/α,β-unsaturated/α-hetero) is 4. The summed E-state index contributed by atoms with van der Waals surface area (Å²) in [6.07, 6.45) is 5.26. The predicted molar refractivity (Wildman–Crippen MR) is 164 cm³/mol. The number of aromatic hydroxyl groups is 1. The van der Waals surface area contributed by atoms with Crippen molar-refractivity contribution in [1.29, 1.82) is 0 Å². The first-order chi connectivity index (χ1) is 20.4. The highest BCUT2D eigenvalue weighted by Crippen LogP contribution is 2.54. The highest BCUT2D eigenvalue weighted by atomic mass is 16.3. The van der Waals surface area contributed by atoms with Gasteiger partial charge in [-0.05, 0) is 54.2 Å². The van der Waals surface area contributed by atoms with E-state index in [4.69, 9.17) is 5.73 Å². The summed E-state index contributed by atoms with van der Waals surface area (Å²) < 4.78 is 0. The maximum atomic E-state index is 14.2. The molecule has 2 saturated carbocycles. The Hall–Kier alpha value is -3.79. The number of ketones is 4. The van der Waals surface area contributed by atoms with Crippen LogP contribution in [0, 0.1) is 40.9 Å². The van der Waals surface area contributed by atoms with Crippen molar-refractivity contribution < 1.29 is 34.2 Å². The van der Waals surface area contributed by atoms with Gasteiger partial charge in [0.2, 0.25) is 5.91 Å². The third kappa shape index (κ3) is 4.69. The van der Waals surface area contributed by atoms with Crippen molar-refractivity contribution in [1.82, 2.24) is 5.32 Å². The van der Waals surface area contributed by atoms with Crippen LogP contribution in [0.25, 0.3) is 0 Å². The molecule has 10 heteroatoms. The van der Waals surface area contributed by atoms with E-state index in [-0.39, 0.29) is 36.1 Å². The lowest BCUT2D eigenvalue weighted by atomic mass is 9.49. The summed E-state index contributed by atoms with van der Waals surface area (Å²) in [4.78, 5) is 69.3. The van der Waals surface area contributed by atoms with Crippen LogP contribution >= 0.6 is 0 Å². The lowest BCUT2D eigenvalue weighted by molar-refractivity contribution is -0.182. The highest BCUT2D eigenvalue weighted by molar-refractivity contribution is 6.32. The summed E-state index contributed by atoms with van der Waals surface area (Å²) in [6, 6.07) is 1.84. The topological polar surface area (TPSA) is 167 Å². The first-order valence-corrected chi connectivity index (χ1v) is 15.3. The molecule has 1 aromatic carbocycles. The molecule has 5 rings (SSSR count). The lowest BCUT2D eigenvalue weighted by Crippen LogP contribution is -2.71. The number of carbonyl (C=O) groups excluding carboxylic acids is 5. The molecule has 0 bridgehead atoms. The van der Waals surface area contributed by atoms with Crippen LogP contribution in [-0.2, 0) is 32.1 Å². The quantitative estimate of drug-likeness (QED) is 0.357. The molecule has 0 aliphatic heterocycles. The number of benzene rings is 1. The van der Waals surface area contributed by atoms with E-state index in [1.165, 1.54) is 5.57 Å². The third-order valence-corrected chi connectivity index (χ3v) is 10.2. The number of hydrogen-bond donors (Lipinski definition) is 4. The Morgan fingerprint density at radius 1 is 1.16 bits per heavy atom. The van der Waals surface area contributed by atoms with Gasteiger partial charge in [0.1, 0.15) is 5.75 Å². The largest absolute Gasteiger partial charge is 0.507 e. The molecule has 6 atom stereocenters. The number of rotatable bonds is 6. The monoisotopic (exact) mass is 605 g/mol. The Kier molecular flexibility index (Phi) is 7.68. The van der Waals surface area contributed by atoms with Gasteiger partial charge in [-0.1, -0.05) is 46.3 Å². The number of phenolic OH excluding ortho intramolecular Hbond substituents is 1. The van der Waals surface area contributed by atoms with Crippen molar-refractivity contribution >= 4 is 34.7 Å². The van der Waals surface area contributed by atoms with Crippen molar-refractivity contribution in [3.8, 4) is 5.75 Å². The molecule has 1 aromatic rings. The fourth-order valence-electron chi connectivity index (χ4n) is 7.86. The molecular weight excluding hydrogens is 562 g/mol. The van der Waals surface area contributed by atoms with Crippen molar-refractivity contribution in [3.63, 3.8) is 0 Å². The summed E-state index contributed by atoms with van der Waals surface area (Å²) in [6.45, 7) is 10.1. The number of hydrogen-bond acceptors (Lipinski definition) is 9. The molecule has 0 radical (unpaired) electrons. The molecule has 0 aromatic heterocycles. The zero-order valence-corrected chi connectivity index (χ0v) is 26.5. The minimum atomic E-state index is -2.71. The smallest absolute Gasteiger partial charge is 0.235 e. The van der Waals surface area contributed by atoms with E-state index in [2.05, 4.69) is 38.2 Å². The fourth-order valence-corrected chi connectivity index (χ4v) is 7.86. The minimum absolute atomic E-state index is 0.00201. The van der Waals surface area contributed by atoms with Gasteiger partial charge in [-0.2, -0.15) is 0 Å². The molecule has 0 saturated heterocycles. The van der Waals surface area contributed by atoms with E-state index in [0.717, 1.165) is 12.1 Å². The van der Waals surface area contributed by atoms with Gasteiger partial charge in [-0.25, -0.2) is 0 Å². The van der Waals surface area contributed by atoms with E-state index in [1.54, 1.807) is 13.8 Å². The molecule has 2 unspecified atom stereocenters. The second-order valence-electron chi connectivity index (χ2n) is 14.4. The van der Waals surface area contributed by atoms with Crippen LogP contribution in [0.3, 0.4) is 0 Å². The van der Waals surface area contributed by atoms with Crippen LogP contribution in [0.1, 0.15) is 68.9 Å². The zero-order chi connectivity index (χ0) is 32.6. The summed E-state index contributed by atoms with van der Waals surface area (Å²) in [5.41, 5.74) is 6.68. The van der Waals surface area contributed by atoms with E-state index >= 15 is 0 Å². The van der Waals surface area contributed by atoms with E-state index in [0.29, 0.717) is 16.8 Å². The summed E-state index contributed by atoms with van der Waals surface area (Å²) in [7, 11) is 3.67. The van der Waals surface area contributed by atoms with E-state index in [1.807, 2.05) is 25.1 Å². The Bertz CT molecular complexity index is 1550. The number of allylic oxidation sites excluding steroid dienone is 3. The number of aliphatic hydroxyl groups is 1. The molecule has 5 N–H and O–H groups in total. The number of fused-ring (bicyclic) bond motifs is 3. The van der Waals surface area contributed by atoms with Crippen LogP contribution in [0.4, 0.5) is 5.69 Å². The van der Waals surface area contributed by atoms with Crippen molar-refractivity contribution in [2.75, 3.05) is 19.0 Å². The Morgan fingerprint density at radius 3 is 2.36 bits per heavy atom. The zero-order valence-electron chi connectivity index (χ0n) is 26.5. The van der Waals surface area contributed by atoms with Crippen LogP contribution in [0.15, 0.2) is 29.5 Å². The van der Waals surface area contributed by atoms with Gasteiger partial charge < -0.3 is 26.2 Å². The average Bonchev–Trinajstić information content (AvgIpc) is 3.39. The van der Waals surface area contributed by atoms with Gasteiger partial charge in [0.25, 0.3) is 0 Å². The summed E-state index contributed by atoms with van der Waals surface area (Å²) in [5.74, 6) is -11.5. The van der Waals surface area contributed by atoms with Gasteiger partial charge in [-0.15, -0.1) is 0 Å². The van der Waals surface area contributed by atoms with Crippen molar-refractivity contribution in [2.24, 2.45) is 46.7 Å². The number of nitrogens with one attached hydrogen (secondary N) is 1. The Labute approximate surface area is 257 Å². The van der Waals surface area contributed by atoms with Gasteiger partial charge in [0.05, 0.1) is 11.5 Å². The Balaban J connectivity index is 1.55. The molecule has 2 fully saturated rings. The highest BCUT2D eigenvalue weighted by Gasteiger charge is 2.69. The van der Waals surface area contributed by atoms with Crippen LogP contribution in [-0.4, -0.2) is 58.9 Å². The number of nitrogens with two attached hydrogens (primary N) is 1. The standard InChI is InChI=1S/C34H43N3O7/c1-15(2)23-21-11-16-10-20-22(37(6)7)12-17(14-36-19-9-8-18(13-19)33(3,4)5)27(38)25(20)29(40)24(16)30(41)34(21,44)31(42)26(28(23)39)32(35)43/h9,12-13,15-16,21,23-24,26,36,38,44H,8,10-11,14H2,1-7H3,(H2,35,43)/t16-,21-,23-,24?,26?,34-/m0/s1. The van der Waals surface area contributed by atoms with E-state index in [9.17, 15) is 34.2 Å². The normalized spacial score (nSPS) is 30.0. The number of nitrogens with zero attached hydrogens (tertiary/aromatic N) is 1. The minimum Gasteiger partial charge on any atom is -0.507 e. The van der Waals surface area contributed by atoms with Gasteiger partial charge in [0.15, 0.2) is 34.7 Å². The molecule has 0 spiro atoms. The number of carbonyl (C=O) groups is 5. The number of anilines is 1. The van der Waals surface area contributed by atoms with Crippen molar-refractivity contribution in [2.45, 2.75) is 66.0 Å². The predicted octanol–water partition coefficient (Wildman–Crippen LogP) is 2.62. The molecular formula is C34H43N3O7. The fraction of sp³-hybridized carbons (Fsp3) is 0.559. The Morgan fingerprint density at radius 2 is 1.82 bits per heavy atom. The van der Waals surface area contributed by atoms with Crippen LogP contribution in [0.5, 0.6) is 5.75 Å². The second-order valence-corrected chi connectivity index (χ2v) is 14.4. The SMILES string of the molecule is CC(C)[C@@H]1C(=O)C(C(N)=O)C(=O)[C@@]2(O)C(=O)C3C(=O)c4c(O)c(CNC5=CCC(C(C)(C)C)=C5)cc(N(C)C)c4C[C@H]3C[C@@H]12. The molecule has 0 heterocycles. The lowest BCUT2D eigenvalue weighted by Gasteiger charge is -2.52.